The molecule has 1 aliphatic heterocycles. The normalized spacial score (nSPS) is 14.3. The van der Waals surface area contributed by atoms with Gasteiger partial charge in [-0.25, -0.2) is 8.78 Å². The molecule has 0 unspecified atom stereocenters. The van der Waals surface area contributed by atoms with Crippen molar-refractivity contribution in [2.24, 2.45) is 0 Å². The maximum atomic E-state index is 13.6. The molecule has 128 valence electrons. The van der Waals surface area contributed by atoms with Gasteiger partial charge in [-0.1, -0.05) is 18.2 Å². The van der Waals surface area contributed by atoms with Crippen LogP contribution in [0.1, 0.15) is 18.4 Å². The van der Waals surface area contributed by atoms with Crippen molar-refractivity contribution < 1.29 is 18.4 Å². The summed E-state index contributed by atoms with van der Waals surface area (Å²) >= 11 is 0. The lowest BCUT2D eigenvalue weighted by molar-refractivity contribution is -0.117. The molecule has 2 aromatic rings. The average molecular weight is 342 g/mol. The number of amides is 2. The Balaban J connectivity index is 1.78. The van der Waals surface area contributed by atoms with E-state index in [1.54, 1.807) is 29.2 Å². The molecule has 1 heterocycles. The minimum atomic E-state index is -0.743. The molecule has 0 bridgehead atoms. The van der Waals surface area contributed by atoms with Gasteiger partial charge in [0.05, 0.1) is 11.4 Å². The van der Waals surface area contributed by atoms with E-state index in [1.165, 1.54) is 6.07 Å². The van der Waals surface area contributed by atoms with Crippen LogP contribution in [0.15, 0.2) is 48.5 Å². The summed E-state index contributed by atoms with van der Waals surface area (Å²) in [7, 11) is 0. The molecule has 0 aliphatic carbocycles. The van der Waals surface area contributed by atoms with Gasteiger partial charge >= 0.3 is 0 Å². The van der Waals surface area contributed by atoms with Crippen LogP contribution in [-0.2, 0) is 9.59 Å². The van der Waals surface area contributed by atoms with Crippen LogP contribution in [0.5, 0.6) is 0 Å². The minimum Gasteiger partial charge on any atom is -0.321 e. The zero-order valence-corrected chi connectivity index (χ0v) is 13.3. The lowest BCUT2D eigenvalue weighted by Crippen LogP contribution is -2.25. The van der Waals surface area contributed by atoms with E-state index in [4.69, 9.17) is 0 Å². The fourth-order valence-electron chi connectivity index (χ4n) is 2.72. The number of benzene rings is 2. The zero-order chi connectivity index (χ0) is 17.8. The van der Waals surface area contributed by atoms with Gasteiger partial charge in [0.2, 0.25) is 11.8 Å². The van der Waals surface area contributed by atoms with Gasteiger partial charge in [-0.05, 0) is 36.8 Å². The van der Waals surface area contributed by atoms with Gasteiger partial charge in [0.1, 0.15) is 11.6 Å². The van der Waals surface area contributed by atoms with Crippen LogP contribution in [-0.4, -0.2) is 18.4 Å². The highest BCUT2D eigenvalue weighted by molar-refractivity contribution is 6.06. The Kier molecular flexibility index (Phi) is 4.88. The van der Waals surface area contributed by atoms with Crippen molar-refractivity contribution in [2.75, 3.05) is 16.8 Å². The van der Waals surface area contributed by atoms with Crippen LogP contribution in [0.2, 0.25) is 0 Å². The maximum absolute atomic E-state index is 13.6. The van der Waals surface area contributed by atoms with Crippen LogP contribution >= 0.6 is 0 Å². The first-order valence-electron chi connectivity index (χ1n) is 7.89. The molecule has 1 saturated heterocycles. The van der Waals surface area contributed by atoms with Crippen LogP contribution in [0.4, 0.5) is 20.2 Å². The Bertz CT molecular complexity index is 829. The molecule has 6 heteroatoms. The summed E-state index contributed by atoms with van der Waals surface area (Å²) in [6.07, 6.45) is 3.40. The van der Waals surface area contributed by atoms with Crippen molar-refractivity contribution in [3.8, 4) is 0 Å². The molecule has 0 saturated carbocycles. The number of carbonyl (C=O) groups is 2. The number of para-hydroxylation sites is 2. The zero-order valence-electron chi connectivity index (χ0n) is 13.3. The van der Waals surface area contributed by atoms with Gasteiger partial charge < -0.3 is 10.2 Å². The third-order valence-corrected chi connectivity index (χ3v) is 3.93. The third-order valence-electron chi connectivity index (χ3n) is 3.93. The second kappa shape index (κ2) is 7.25. The molecule has 1 N–H and O–H groups in total. The van der Waals surface area contributed by atoms with Crippen LogP contribution in [0, 0.1) is 11.6 Å². The Morgan fingerprint density at radius 1 is 1.08 bits per heavy atom. The smallest absolute Gasteiger partial charge is 0.248 e. The van der Waals surface area contributed by atoms with E-state index in [0.29, 0.717) is 24.3 Å². The van der Waals surface area contributed by atoms with Crippen LogP contribution in [0.25, 0.3) is 6.08 Å². The summed E-state index contributed by atoms with van der Waals surface area (Å²) in [5.74, 6) is -2.02. The largest absolute Gasteiger partial charge is 0.321 e. The summed E-state index contributed by atoms with van der Waals surface area (Å²) in [5, 5.41) is 2.65. The first-order valence-corrected chi connectivity index (χ1v) is 7.89. The number of hydrogen-bond donors (Lipinski definition) is 1. The minimum absolute atomic E-state index is 0.00525. The Hall–Kier alpha value is -3.02. The standard InChI is InChI=1S/C19H16F2N2O2/c20-14-5-3-6-15(21)13(14)10-11-18(24)22-16-7-1-2-8-17(16)23-12-4-9-19(23)25/h1-3,5-8,10-11H,4,9,12H2,(H,22,24)/b11-10+. The summed E-state index contributed by atoms with van der Waals surface area (Å²) in [5.41, 5.74) is 0.811. The molecule has 4 nitrogen and oxygen atoms in total. The molecule has 0 atom stereocenters. The van der Waals surface area contributed by atoms with Crippen molar-refractivity contribution >= 4 is 29.3 Å². The second-order valence-corrected chi connectivity index (χ2v) is 5.62. The van der Waals surface area contributed by atoms with E-state index < -0.39 is 17.5 Å². The first kappa shape index (κ1) is 16.8. The Labute approximate surface area is 143 Å². The van der Waals surface area contributed by atoms with E-state index >= 15 is 0 Å². The molecular formula is C19H16F2N2O2. The highest BCUT2D eigenvalue weighted by atomic mass is 19.1. The van der Waals surface area contributed by atoms with Crippen molar-refractivity contribution in [2.45, 2.75) is 12.8 Å². The SMILES string of the molecule is O=C(/C=C/c1c(F)cccc1F)Nc1ccccc1N1CCCC1=O. The average Bonchev–Trinajstić information content (AvgIpc) is 3.01. The Morgan fingerprint density at radius 2 is 1.80 bits per heavy atom. The van der Waals surface area contributed by atoms with Crippen molar-refractivity contribution in [1.29, 1.82) is 0 Å². The highest BCUT2D eigenvalue weighted by Crippen LogP contribution is 2.29. The number of anilines is 2. The summed E-state index contributed by atoms with van der Waals surface area (Å²) in [6, 6.07) is 10.4. The quantitative estimate of drug-likeness (QED) is 0.861. The number of nitrogens with one attached hydrogen (secondary N) is 1. The molecule has 1 aliphatic rings. The second-order valence-electron chi connectivity index (χ2n) is 5.62. The van der Waals surface area contributed by atoms with Crippen molar-refractivity contribution in [1.82, 2.24) is 0 Å². The van der Waals surface area contributed by atoms with Gasteiger partial charge in [0.25, 0.3) is 0 Å². The summed E-state index contributed by atoms with van der Waals surface area (Å²) < 4.78 is 27.1. The topological polar surface area (TPSA) is 49.4 Å². The lowest BCUT2D eigenvalue weighted by atomic mass is 10.2. The van der Waals surface area contributed by atoms with Crippen LogP contribution in [0.3, 0.4) is 0 Å². The fourth-order valence-corrected chi connectivity index (χ4v) is 2.72. The summed E-state index contributed by atoms with van der Waals surface area (Å²) in [6.45, 7) is 0.599. The Morgan fingerprint density at radius 3 is 2.48 bits per heavy atom. The van der Waals surface area contributed by atoms with E-state index in [0.717, 1.165) is 30.7 Å². The monoisotopic (exact) mass is 342 g/mol. The molecular weight excluding hydrogens is 326 g/mol. The molecule has 3 rings (SSSR count). The molecule has 2 aromatic carbocycles. The molecule has 1 fully saturated rings. The summed E-state index contributed by atoms with van der Waals surface area (Å²) in [4.78, 5) is 25.6. The number of halogens is 2. The number of carbonyl (C=O) groups excluding carboxylic acids is 2. The molecule has 0 aromatic heterocycles. The number of rotatable bonds is 4. The van der Waals surface area contributed by atoms with E-state index in [1.807, 2.05) is 0 Å². The van der Waals surface area contributed by atoms with Gasteiger partial charge in [-0.2, -0.15) is 0 Å². The van der Waals surface area contributed by atoms with Gasteiger partial charge in [-0.3, -0.25) is 9.59 Å². The molecule has 0 radical (unpaired) electrons. The molecule has 0 spiro atoms. The van der Waals surface area contributed by atoms with Gasteiger partial charge in [-0.15, -0.1) is 0 Å². The predicted molar refractivity (Wildman–Crippen MR) is 92.1 cm³/mol. The van der Waals surface area contributed by atoms with Gasteiger partial charge in [0.15, 0.2) is 0 Å². The predicted octanol–water partition coefficient (Wildman–Crippen LogP) is 3.74. The van der Waals surface area contributed by atoms with Gasteiger partial charge in [0, 0.05) is 24.6 Å². The third kappa shape index (κ3) is 3.74. The number of nitrogens with zero attached hydrogens (tertiary/aromatic N) is 1. The first-order chi connectivity index (χ1) is 12.1. The molecule has 25 heavy (non-hydrogen) atoms. The fraction of sp³-hybridized carbons (Fsp3) is 0.158. The maximum Gasteiger partial charge on any atom is 0.248 e. The van der Waals surface area contributed by atoms with Crippen LogP contribution < -0.4 is 10.2 Å². The molecule has 2 amide bonds. The van der Waals surface area contributed by atoms with E-state index in [2.05, 4.69) is 5.32 Å². The van der Waals surface area contributed by atoms with Crippen molar-refractivity contribution in [3.63, 3.8) is 0 Å². The van der Waals surface area contributed by atoms with Crippen molar-refractivity contribution in [3.05, 3.63) is 65.7 Å². The van der Waals surface area contributed by atoms with E-state index in [9.17, 15) is 18.4 Å². The highest BCUT2D eigenvalue weighted by Gasteiger charge is 2.23. The lowest BCUT2D eigenvalue weighted by Gasteiger charge is -2.19. The van der Waals surface area contributed by atoms with E-state index in [-0.39, 0.29) is 11.5 Å². The number of hydrogen-bond acceptors (Lipinski definition) is 2.